The summed E-state index contributed by atoms with van der Waals surface area (Å²) in [5, 5.41) is 16.6. The van der Waals surface area contributed by atoms with Crippen molar-refractivity contribution in [2.45, 2.75) is 38.0 Å². The number of sulfonamides is 1. The monoisotopic (exact) mass is 260 g/mol. The molecule has 0 aromatic carbocycles. The summed E-state index contributed by atoms with van der Waals surface area (Å²) in [5.74, 6) is -1.38. The molecule has 1 aliphatic rings. The van der Waals surface area contributed by atoms with Gasteiger partial charge >= 0.3 is 5.97 Å². The Morgan fingerprint density at radius 3 is 2.65 bits per heavy atom. The highest BCUT2D eigenvalue weighted by Gasteiger charge is 2.42. The van der Waals surface area contributed by atoms with Crippen LogP contribution in [0.3, 0.4) is 0 Å². The van der Waals surface area contributed by atoms with Crippen LogP contribution in [-0.2, 0) is 14.8 Å². The number of carbonyl (C=O) groups is 1. The maximum Gasteiger partial charge on any atom is 0.322 e. The van der Waals surface area contributed by atoms with E-state index in [2.05, 4.69) is 0 Å². The number of carboxylic acids is 1. The standard InChI is InChI=1S/C10H16N2O4S/c1-7-4-3-5-12(9(7)10(13)14)17(15,16)8(2)6-11/h7-9H,3-5H2,1-2H3,(H,13,14). The van der Waals surface area contributed by atoms with Crippen LogP contribution in [0.4, 0.5) is 0 Å². The fraction of sp³-hybridized carbons (Fsp3) is 0.800. The number of aliphatic carboxylic acids is 1. The highest BCUT2D eigenvalue weighted by molar-refractivity contribution is 7.90. The predicted octanol–water partition coefficient (Wildman–Crippen LogP) is 0.413. The van der Waals surface area contributed by atoms with Gasteiger partial charge < -0.3 is 5.11 Å². The first kappa shape index (κ1) is 13.9. The summed E-state index contributed by atoms with van der Waals surface area (Å²) >= 11 is 0. The van der Waals surface area contributed by atoms with Crippen LogP contribution in [0.25, 0.3) is 0 Å². The minimum atomic E-state index is -3.85. The summed E-state index contributed by atoms with van der Waals surface area (Å²) < 4.78 is 25.0. The van der Waals surface area contributed by atoms with Crippen LogP contribution < -0.4 is 0 Å². The van der Waals surface area contributed by atoms with Crippen molar-refractivity contribution in [3.8, 4) is 6.07 Å². The minimum Gasteiger partial charge on any atom is -0.480 e. The van der Waals surface area contributed by atoms with Gasteiger partial charge in [0.25, 0.3) is 0 Å². The predicted molar refractivity (Wildman–Crippen MR) is 60.5 cm³/mol. The van der Waals surface area contributed by atoms with E-state index in [4.69, 9.17) is 10.4 Å². The lowest BCUT2D eigenvalue weighted by atomic mass is 9.93. The third-order valence-electron chi connectivity index (χ3n) is 3.10. The average Bonchev–Trinajstić information content (AvgIpc) is 2.26. The molecule has 6 nitrogen and oxygen atoms in total. The van der Waals surface area contributed by atoms with Crippen molar-refractivity contribution in [2.24, 2.45) is 5.92 Å². The summed E-state index contributed by atoms with van der Waals surface area (Å²) in [4.78, 5) is 11.1. The third kappa shape index (κ3) is 2.58. The molecule has 1 fully saturated rings. The lowest BCUT2D eigenvalue weighted by Crippen LogP contribution is -2.53. The van der Waals surface area contributed by atoms with E-state index in [0.717, 1.165) is 4.31 Å². The number of nitriles is 1. The fourth-order valence-corrected chi connectivity index (χ4v) is 3.61. The molecule has 3 unspecified atom stereocenters. The molecule has 1 N–H and O–H groups in total. The lowest BCUT2D eigenvalue weighted by molar-refractivity contribution is -0.144. The molecule has 1 heterocycles. The van der Waals surface area contributed by atoms with Gasteiger partial charge in [-0.2, -0.15) is 9.57 Å². The highest BCUT2D eigenvalue weighted by atomic mass is 32.2. The Hall–Kier alpha value is -1.13. The second-order valence-corrected chi connectivity index (χ2v) is 6.54. The van der Waals surface area contributed by atoms with E-state index in [1.165, 1.54) is 6.92 Å². The van der Waals surface area contributed by atoms with Gasteiger partial charge in [-0.1, -0.05) is 6.92 Å². The van der Waals surface area contributed by atoms with Crippen molar-refractivity contribution in [3.05, 3.63) is 0 Å². The molecule has 3 atom stereocenters. The quantitative estimate of drug-likeness (QED) is 0.792. The van der Waals surface area contributed by atoms with Gasteiger partial charge in [-0.25, -0.2) is 8.42 Å². The summed E-state index contributed by atoms with van der Waals surface area (Å²) in [7, 11) is -3.85. The van der Waals surface area contributed by atoms with Crippen molar-refractivity contribution in [1.29, 1.82) is 5.26 Å². The molecule has 0 amide bonds. The molecule has 0 saturated carbocycles. The van der Waals surface area contributed by atoms with E-state index in [1.54, 1.807) is 13.0 Å². The summed E-state index contributed by atoms with van der Waals surface area (Å²) in [6.07, 6.45) is 1.31. The van der Waals surface area contributed by atoms with Gasteiger partial charge in [0.15, 0.2) is 5.25 Å². The van der Waals surface area contributed by atoms with Crippen LogP contribution in [0, 0.1) is 17.2 Å². The van der Waals surface area contributed by atoms with Crippen LogP contribution in [0.15, 0.2) is 0 Å². The highest BCUT2D eigenvalue weighted by Crippen LogP contribution is 2.27. The zero-order valence-electron chi connectivity index (χ0n) is 9.83. The Labute approximate surface area is 101 Å². The first-order chi connectivity index (χ1) is 7.82. The minimum absolute atomic E-state index is 0.176. The van der Waals surface area contributed by atoms with Crippen LogP contribution >= 0.6 is 0 Å². The first-order valence-electron chi connectivity index (χ1n) is 5.45. The van der Waals surface area contributed by atoms with Crippen LogP contribution in [-0.4, -0.2) is 41.6 Å². The third-order valence-corrected chi connectivity index (χ3v) is 5.16. The number of rotatable bonds is 3. The smallest absolute Gasteiger partial charge is 0.322 e. The average molecular weight is 260 g/mol. The van der Waals surface area contributed by atoms with Crippen LogP contribution in [0.1, 0.15) is 26.7 Å². The van der Waals surface area contributed by atoms with Crippen LogP contribution in [0.2, 0.25) is 0 Å². The van der Waals surface area contributed by atoms with E-state index in [-0.39, 0.29) is 12.5 Å². The topological polar surface area (TPSA) is 98.5 Å². The Morgan fingerprint density at radius 2 is 2.18 bits per heavy atom. The van der Waals surface area contributed by atoms with Crippen molar-refractivity contribution in [2.75, 3.05) is 6.54 Å². The second-order valence-electron chi connectivity index (χ2n) is 4.33. The van der Waals surface area contributed by atoms with Gasteiger partial charge in [-0.3, -0.25) is 4.79 Å². The number of carboxylic acid groups (broad SMARTS) is 1. The maximum absolute atomic E-state index is 12.0. The number of piperidine rings is 1. The Morgan fingerprint density at radius 1 is 1.59 bits per heavy atom. The van der Waals surface area contributed by atoms with E-state index in [9.17, 15) is 13.2 Å². The molecule has 0 aliphatic carbocycles. The molecule has 0 bridgehead atoms. The van der Waals surface area contributed by atoms with Gasteiger partial charge in [0, 0.05) is 6.54 Å². The molecule has 0 spiro atoms. The normalized spacial score (nSPS) is 28.3. The number of nitrogens with zero attached hydrogens (tertiary/aromatic N) is 2. The molecule has 0 aromatic rings. The molecule has 1 rings (SSSR count). The van der Waals surface area contributed by atoms with E-state index in [0.29, 0.717) is 12.8 Å². The molecule has 96 valence electrons. The molecule has 7 heteroatoms. The van der Waals surface area contributed by atoms with Gasteiger partial charge in [-0.05, 0) is 25.7 Å². The Bertz CT molecular complexity index is 440. The van der Waals surface area contributed by atoms with Crippen molar-refractivity contribution < 1.29 is 18.3 Å². The van der Waals surface area contributed by atoms with E-state index >= 15 is 0 Å². The van der Waals surface area contributed by atoms with E-state index in [1.807, 2.05) is 0 Å². The lowest BCUT2D eigenvalue weighted by Gasteiger charge is -2.36. The molecule has 17 heavy (non-hydrogen) atoms. The molecule has 1 aliphatic heterocycles. The van der Waals surface area contributed by atoms with Gasteiger partial charge in [-0.15, -0.1) is 0 Å². The maximum atomic E-state index is 12.0. The molecular formula is C10H16N2O4S. The molecular weight excluding hydrogens is 244 g/mol. The Kier molecular flexibility index (Phi) is 4.11. The Balaban J connectivity index is 3.10. The summed E-state index contributed by atoms with van der Waals surface area (Å²) in [6.45, 7) is 3.17. The first-order valence-corrected chi connectivity index (χ1v) is 6.95. The second kappa shape index (κ2) is 5.02. The SMILES string of the molecule is CC1CCCN(S(=O)(=O)C(C)C#N)C1C(=O)O. The zero-order valence-corrected chi connectivity index (χ0v) is 10.6. The fourth-order valence-electron chi connectivity index (χ4n) is 2.07. The van der Waals surface area contributed by atoms with Crippen LogP contribution in [0.5, 0.6) is 0 Å². The zero-order chi connectivity index (χ0) is 13.2. The number of hydrogen-bond acceptors (Lipinski definition) is 4. The number of hydrogen-bond donors (Lipinski definition) is 1. The van der Waals surface area contributed by atoms with Crippen molar-refractivity contribution in [3.63, 3.8) is 0 Å². The van der Waals surface area contributed by atoms with Gasteiger partial charge in [0.2, 0.25) is 10.0 Å². The molecule has 0 aromatic heterocycles. The van der Waals surface area contributed by atoms with Crippen molar-refractivity contribution >= 4 is 16.0 Å². The van der Waals surface area contributed by atoms with Gasteiger partial charge in [0.1, 0.15) is 6.04 Å². The largest absolute Gasteiger partial charge is 0.480 e. The summed E-state index contributed by atoms with van der Waals surface area (Å²) in [6, 6.07) is 0.603. The van der Waals surface area contributed by atoms with E-state index < -0.39 is 27.3 Å². The molecule has 1 saturated heterocycles. The summed E-state index contributed by atoms with van der Waals surface area (Å²) in [5.41, 5.74) is 0. The van der Waals surface area contributed by atoms with Crippen molar-refractivity contribution in [1.82, 2.24) is 4.31 Å². The molecule has 0 radical (unpaired) electrons. The van der Waals surface area contributed by atoms with Gasteiger partial charge in [0.05, 0.1) is 6.07 Å².